The molecule has 0 unspecified atom stereocenters. The van der Waals surface area contributed by atoms with Crippen molar-refractivity contribution < 1.29 is 8.42 Å². The second kappa shape index (κ2) is 7.72. The van der Waals surface area contributed by atoms with E-state index in [0.29, 0.717) is 19.5 Å². The standard InChI is InChI=1S/C21H22N6O2S2/c1-26(2)31(28,29)27-9-6-14(7-10-27)19-12-16-17(5-8-22-21(16)25-19)24-15-3-4-18-20(11-15)30-13-23-18/h3-6,8,11-13H,7,9-10H2,1-2H3,(H2,22,24,25). The molecule has 1 aliphatic rings. The summed E-state index contributed by atoms with van der Waals surface area (Å²) in [5.74, 6) is 0. The van der Waals surface area contributed by atoms with Crippen LogP contribution in [0.1, 0.15) is 12.1 Å². The van der Waals surface area contributed by atoms with Crippen LogP contribution in [-0.2, 0) is 10.2 Å². The fourth-order valence-electron chi connectivity index (χ4n) is 3.73. The van der Waals surface area contributed by atoms with Gasteiger partial charge in [0, 0.05) is 50.1 Å². The average molecular weight is 455 g/mol. The van der Waals surface area contributed by atoms with Crippen molar-refractivity contribution in [1.82, 2.24) is 23.6 Å². The summed E-state index contributed by atoms with van der Waals surface area (Å²) in [4.78, 5) is 12.2. The van der Waals surface area contributed by atoms with E-state index < -0.39 is 10.2 Å². The highest BCUT2D eigenvalue weighted by molar-refractivity contribution is 7.86. The number of hydrogen-bond acceptors (Lipinski definition) is 6. The number of pyridine rings is 1. The van der Waals surface area contributed by atoms with Gasteiger partial charge in [0.15, 0.2) is 0 Å². The third-order valence-corrected chi connectivity index (χ3v) is 8.15. The highest BCUT2D eigenvalue weighted by Gasteiger charge is 2.26. The Morgan fingerprint density at radius 2 is 2.06 bits per heavy atom. The Balaban J connectivity index is 1.43. The molecule has 3 aromatic heterocycles. The van der Waals surface area contributed by atoms with E-state index in [2.05, 4.69) is 32.4 Å². The monoisotopic (exact) mass is 454 g/mol. The van der Waals surface area contributed by atoms with E-state index in [4.69, 9.17) is 0 Å². The first-order valence-corrected chi connectivity index (χ1v) is 12.1. The lowest BCUT2D eigenvalue weighted by molar-refractivity contribution is 0.396. The molecule has 0 radical (unpaired) electrons. The Morgan fingerprint density at radius 1 is 1.19 bits per heavy atom. The van der Waals surface area contributed by atoms with E-state index in [1.807, 2.05) is 29.8 Å². The maximum atomic E-state index is 12.3. The second-order valence-electron chi connectivity index (χ2n) is 7.59. The van der Waals surface area contributed by atoms with Crippen molar-refractivity contribution in [3.63, 3.8) is 0 Å². The molecule has 4 heterocycles. The molecular formula is C21H22N6O2S2. The number of aromatic amines is 1. The minimum atomic E-state index is -3.40. The zero-order valence-electron chi connectivity index (χ0n) is 17.2. The quantitative estimate of drug-likeness (QED) is 0.478. The van der Waals surface area contributed by atoms with Gasteiger partial charge in [-0.25, -0.2) is 9.97 Å². The van der Waals surface area contributed by atoms with E-state index in [1.54, 1.807) is 31.6 Å². The summed E-state index contributed by atoms with van der Waals surface area (Å²) in [5, 5.41) is 4.48. The van der Waals surface area contributed by atoms with E-state index >= 15 is 0 Å². The van der Waals surface area contributed by atoms with Gasteiger partial charge in [0.25, 0.3) is 10.2 Å². The molecule has 0 saturated carbocycles. The molecule has 10 heteroatoms. The number of thiazole rings is 1. The van der Waals surface area contributed by atoms with Gasteiger partial charge < -0.3 is 10.3 Å². The van der Waals surface area contributed by atoms with Crippen LogP contribution in [0.5, 0.6) is 0 Å². The van der Waals surface area contributed by atoms with Crippen molar-refractivity contribution in [1.29, 1.82) is 0 Å². The van der Waals surface area contributed by atoms with Crippen LogP contribution in [-0.4, -0.2) is 59.2 Å². The summed E-state index contributed by atoms with van der Waals surface area (Å²) in [6.07, 6.45) is 4.39. The molecule has 0 bridgehead atoms. The molecule has 160 valence electrons. The topological polar surface area (TPSA) is 94.2 Å². The molecule has 1 aromatic carbocycles. The van der Waals surface area contributed by atoms with Crippen LogP contribution in [0.15, 0.2) is 48.1 Å². The number of anilines is 2. The normalized spacial score (nSPS) is 15.6. The summed E-state index contributed by atoms with van der Waals surface area (Å²) < 4.78 is 28.6. The van der Waals surface area contributed by atoms with Gasteiger partial charge >= 0.3 is 0 Å². The lowest BCUT2D eigenvalue weighted by Crippen LogP contribution is -2.42. The zero-order chi connectivity index (χ0) is 21.6. The molecule has 31 heavy (non-hydrogen) atoms. The fourth-order valence-corrected chi connectivity index (χ4v) is 5.50. The van der Waals surface area contributed by atoms with Gasteiger partial charge in [-0.05, 0) is 42.3 Å². The number of benzene rings is 1. The van der Waals surface area contributed by atoms with Crippen molar-refractivity contribution in [3.8, 4) is 0 Å². The number of nitrogens with zero attached hydrogens (tertiary/aromatic N) is 4. The Labute approximate surface area is 184 Å². The van der Waals surface area contributed by atoms with Crippen molar-refractivity contribution in [3.05, 3.63) is 53.8 Å². The summed E-state index contributed by atoms with van der Waals surface area (Å²) in [6.45, 7) is 0.813. The van der Waals surface area contributed by atoms with Crippen molar-refractivity contribution in [2.24, 2.45) is 0 Å². The summed E-state index contributed by atoms with van der Waals surface area (Å²) in [7, 11) is -0.288. The highest BCUT2D eigenvalue weighted by atomic mass is 32.2. The predicted octanol–water partition coefficient (Wildman–Crippen LogP) is 3.81. The molecule has 4 aromatic rings. The van der Waals surface area contributed by atoms with Crippen LogP contribution in [0.25, 0.3) is 26.8 Å². The van der Waals surface area contributed by atoms with Gasteiger partial charge in [-0.2, -0.15) is 17.0 Å². The predicted molar refractivity (Wildman–Crippen MR) is 126 cm³/mol. The Kier molecular flexibility index (Phi) is 5.01. The molecule has 8 nitrogen and oxygen atoms in total. The van der Waals surface area contributed by atoms with Crippen molar-refractivity contribution in [2.45, 2.75) is 6.42 Å². The molecule has 0 fully saturated rings. The van der Waals surface area contributed by atoms with E-state index in [0.717, 1.165) is 43.9 Å². The Bertz CT molecular complexity index is 1400. The van der Waals surface area contributed by atoms with Crippen LogP contribution in [0.3, 0.4) is 0 Å². The number of fused-ring (bicyclic) bond motifs is 2. The smallest absolute Gasteiger partial charge is 0.281 e. The van der Waals surface area contributed by atoms with Crippen molar-refractivity contribution in [2.75, 3.05) is 32.5 Å². The van der Waals surface area contributed by atoms with Crippen LogP contribution >= 0.6 is 11.3 Å². The summed E-state index contributed by atoms with van der Waals surface area (Å²) in [6, 6.07) is 10.2. The molecule has 0 saturated heterocycles. The molecule has 1 aliphatic heterocycles. The van der Waals surface area contributed by atoms with Gasteiger partial charge in [-0.3, -0.25) is 0 Å². The zero-order valence-corrected chi connectivity index (χ0v) is 18.8. The van der Waals surface area contributed by atoms with E-state index in [9.17, 15) is 8.42 Å². The lowest BCUT2D eigenvalue weighted by atomic mass is 10.1. The van der Waals surface area contributed by atoms with Gasteiger partial charge in [0.2, 0.25) is 0 Å². The molecule has 0 spiro atoms. The van der Waals surface area contributed by atoms with Crippen LogP contribution in [0.4, 0.5) is 11.4 Å². The number of hydrogen-bond donors (Lipinski definition) is 2. The largest absolute Gasteiger partial charge is 0.355 e. The lowest BCUT2D eigenvalue weighted by Gasteiger charge is -2.27. The number of rotatable bonds is 5. The minimum Gasteiger partial charge on any atom is -0.355 e. The van der Waals surface area contributed by atoms with Gasteiger partial charge in [-0.1, -0.05) is 6.08 Å². The fraction of sp³-hybridized carbons (Fsp3) is 0.238. The number of nitrogens with one attached hydrogen (secondary N) is 2. The molecule has 0 atom stereocenters. The second-order valence-corrected chi connectivity index (χ2v) is 10.6. The first kappa shape index (κ1) is 20.1. The summed E-state index contributed by atoms with van der Waals surface area (Å²) in [5.41, 5.74) is 7.66. The van der Waals surface area contributed by atoms with Gasteiger partial charge in [0.05, 0.1) is 21.4 Å². The third-order valence-electron chi connectivity index (χ3n) is 5.45. The maximum absolute atomic E-state index is 12.3. The van der Waals surface area contributed by atoms with E-state index in [1.165, 1.54) is 8.61 Å². The van der Waals surface area contributed by atoms with Crippen molar-refractivity contribution >= 4 is 59.7 Å². The maximum Gasteiger partial charge on any atom is 0.281 e. The minimum absolute atomic E-state index is 0.360. The first-order chi connectivity index (χ1) is 14.9. The van der Waals surface area contributed by atoms with Crippen LogP contribution in [0, 0.1) is 0 Å². The molecule has 0 amide bonds. The Morgan fingerprint density at radius 3 is 2.84 bits per heavy atom. The number of H-pyrrole nitrogens is 1. The molecule has 0 aliphatic carbocycles. The average Bonchev–Trinajstić information content (AvgIpc) is 3.41. The highest BCUT2D eigenvalue weighted by Crippen LogP contribution is 2.31. The molecule has 5 rings (SSSR count). The molecular weight excluding hydrogens is 432 g/mol. The van der Waals surface area contributed by atoms with Gasteiger partial charge in [0.1, 0.15) is 5.65 Å². The number of aromatic nitrogens is 3. The van der Waals surface area contributed by atoms with E-state index in [-0.39, 0.29) is 0 Å². The van der Waals surface area contributed by atoms with Crippen LogP contribution in [0.2, 0.25) is 0 Å². The molecule has 2 N–H and O–H groups in total. The third kappa shape index (κ3) is 3.72. The van der Waals surface area contributed by atoms with Gasteiger partial charge in [-0.15, -0.1) is 11.3 Å². The summed E-state index contributed by atoms with van der Waals surface area (Å²) >= 11 is 1.62. The Hall–Kier alpha value is -2.79. The van der Waals surface area contributed by atoms with Crippen LogP contribution < -0.4 is 5.32 Å². The first-order valence-electron chi connectivity index (χ1n) is 9.87. The SMILES string of the molecule is CN(C)S(=O)(=O)N1CC=C(c2cc3c(Nc4ccc5ncsc5c4)ccnc3[nH]2)CC1.